The lowest BCUT2D eigenvalue weighted by molar-refractivity contribution is -0.120. The molecular weight excluding hydrogens is 314 g/mol. The van der Waals surface area contributed by atoms with Crippen LogP contribution in [-0.4, -0.2) is 31.1 Å². The third kappa shape index (κ3) is 5.35. The third-order valence-corrected chi connectivity index (χ3v) is 4.32. The Balaban J connectivity index is 1.29. The summed E-state index contributed by atoms with van der Waals surface area (Å²) in [6.07, 6.45) is 1.72. The fourth-order valence-electron chi connectivity index (χ4n) is 2.86. The predicted molar refractivity (Wildman–Crippen MR) is 97.3 cm³/mol. The van der Waals surface area contributed by atoms with Crippen molar-refractivity contribution < 1.29 is 9.59 Å². The van der Waals surface area contributed by atoms with Gasteiger partial charge in [0.15, 0.2) is 0 Å². The van der Waals surface area contributed by atoms with Crippen molar-refractivity contribution in [3.05, 3.63) is 71.8 Å². The van der Waals surface area contributed by atoms with Crippen molar-refractivity contribution in [2.45, 2.75) is 24.8 Å². The monoisotopic (exact) mass is 337 g/mol. The van der Waals surface area contributed by atoms with Crippen molar-refractivity contribution in [2.24, 2.45) is 0 Å². The topological polar surface area (TPSA) is 70.2 Å². The Hall–Kier alpha value is -2.82. The normalized spacial score (nSPS) is 18.2. The van der Waals surface area contributed by atoms with E-state index in [2.05, 4.69) is 28.1 Å². The highest BCUT2D eigenvalue weighted by molar-refractivity contribution is 5.84. The molecule has 1 aliphatic carbocycles. The zero-order valence-electron chi connectivity index (χ0n) is 14.1. The van der Waals surface area contributed by atoms with E-state index in [1.807, 2.05) is 48.5 Å². The zero-order valence-corrected chi connectivity index (χ0v) is 14.1. The van der Waals surface area contributed by atoms with Crippen LogP contribution in [0, 0.1) is 0 Å². The molecule has 0 radical (unpaired) electrons. The van der Waals surface area contributed by atoms with Gasteiger partial charge in [-0.25, -0.2) is 4.79 Å². The van der Waals surface area contributed by atoms with Crippen molar-refractivity contribution >= 4 is 11.9 Å². The summed E-state index contributed by atoms with van der Waals surface area (Å²) in [5.74, 6) is 0.202. The second kappa shape index (κ2) is 8.33. The maximum absolute atomic E-state index is 11.9. The number of urea groups is 1. The molecule has 0 unspecified atom stereocenters. The van der Waals surface area contributed by atoms with Gasteiger partial charge in [0.2, 0.25) is 5.91 Å². The first-order valence-corrected chi connectivity index (χ1v) is 8.62. The lowest BCUT2D eigenvalue weighted by Crippen LogP contribution is -2.43. The van der Waals surface area contributed by atoms with Gasteiger partial charge in [0, 0.05) is 18.5 Å². The van der Waals surface area contributed by atoms with Crippen molar-refractivity contribution in [1.29, 1.82) is 0 Å². The van der Waals surface area contributed by atoms with Crippen LogP contribution in [0.15, 0.2) is 60.7 Å². The number of rotatable bonds is 7. The molecule has 130 valence electrons. The van der Waals surface area contributed by atoms with Crippen LogP contribution in [0.4, 0.5) is 4.79 Å². The van der Waals surface area contributed by atoms with Crippen molar-refractivity contribution in [1.82, 2.24) is 16.0 Å². The van der Waals surface area contributed by atoms with E-state index in [1.165, 1.54) is 11.1 Å². The minimum Gasteiger partial charge on any atom is -0.354 e. The van der Waals surface area contributed by atoms with E-state index >= 15 is 0 Å². The average molecular weight is 337 g/mol. The van der Waals surface area contributed by atoms with Crippen LogP contribution in [0.3, 0.4) is 0 Å². The van der Waals surface area contributed by atoms with Gasteiger partial charge in [-0.05, 0) is 24.0 Å². The third-order valence-electron chi connectivity index (χ3n) is 4.32. The Morgan fingerprint density at radius 3 is 2.32 bits per heavy atom. The summed E-state index contributed by atoms with van der Waals surface area (Å²) in [7, 11) is 0. The highest BCUT2D eigenvalue weighted by Crippen LogP contribution is 2.40. The first kappa shape index (κ1) is 17.0. The first-order chi connectivity index (χ1) is 12.2. The number of benzene rings is 2. The SMILES string of the molecule is O=C(CNC(=O)N[C@H]1C[C@@H]1c1ccccc1)NCCc1ccccc1. The summed E-state index contributed by atoms with van der Waals surface area (Å²) in [5.41, 5.74) is 2.42. The molecule has 1 saturated carbocycles. The molecular formula is C20H23N3O2. The predicted octanol–water partition coefficient (Wildman–Crippen LogP) is 2.20. The molecule has 3 rings (SSSR count). The minimum atomic E-state index is -0.290. The minimum absolute atomic E-state index is 0.0106. The van der Waals surface area contributed by atoms with E-state index in [9.17, 15) is 9.59 Å². The Labute approximate surface area is 147 Å². The van der Waals surface area contributed by atoms with Crippen LogP contribution in [-0.2, 0) is 11.2 Å². The molecule has 0 aromatic heterocycles. The van der Waals surface area contributed by atoms with Crippen LogP contribution in [0.5, 0.6) is 0 Å². The summed E-state index contributed by atoms with van der Waals surface area (Å²) in [6.45, 7) is 0.550. The van der Waals surface area contributed by atoms with E-state index in [0.29, 0.717) is 12.5 Å². The molecule has 0 spiro atoms. The van der Waals surface area contributed by atoms with Crippen LogP contribution >= 0.6 is 0 Å². The highest BCUT2D eigenvalue weighted by atomic mass is 16.2. The molecule has 3 N–H and O–H groups in total. The second-order valence-electron chi connectivity index (χ2n) is 6.27. The smallest absolute Gasteiger partial charge is 0.315 e. The van der Waals surface area contributed by atoms with E-state index in [4.69, 9.17) is 0 Å². The van der Waals surface area contributed by atoms with Crippen molar-refractivity contribution in [3.8, 4) is 0 Å². The van der Waals surface area contributed by atoms with Gasteiger partial charge in [-0.2, -0.15) is 0 Å². The molecule has 1 fully saturated rings. The molecule has 5 heteroatoms. The highest BCUT2D eigenvalue weighted by Gasteiger charge is 2.39. The number of carbonyl (C=O) groups excluding carboxylic acids is 2. The lowest BCUT2D eigenvalue weighted by Gasteiger charge is -2.08. The van der Waals surface area contributed by atoms with E-state index < -0.39 is 0 Å². The largest absolute Gasteiger partial charge is 0.354 e. The fraction of sp³-hybridized carbons (Fsp3) is 0.300. The Bertz CT molecular complexity index is 703. The van der Waals surface area contributed by atoms with Crippen molar-refractivity contribution in [3.63, 3.8) is 0 Å². The standard InChI is InChI=1S/C20H23N3O2/c24-19(21-12-11-15-7-3-1-4-8-15)14-22-20(25)23-18-13-17(18)16-9-5-2-6-10-16/h1-10,17-18H,11-14H2,(H,21,24)(H2,22,23,25)/t17-,18+/m1/s1. The molecule has 2 aromatic rings. The summed E-state index contributed by atoms with van der Waals surface area (Å²) in [5, 5.41) is 8.33. The Morgan fingerprint density at radius 2 is 1.60 bits per heavy atom. The Morgan fingerprint density at radius 1 is 0.920 bits per heavy atom. The zero-order chi connectivity index (χ0) is 17.5. The van der Waals surface area contributed by atoms with Gasteiger partial charge in [0.1, 0.15) is 0 Å². The molecule has 1 aliphatic rings. The quantitative estimate of drug-likeness (QED) is 0.725. The van der Waals surface area contributed by atoms with Gasteiger partial charge in [0.25, 0.3) is 0 Å². The van der Waals surface area contributed by atoms with Gasteiger partial charge in [-0.1, -0.05) is 60.7 Å². The number of hydrogen-bond donors (Lipinski definition) is 3. The molecule has 2 atom stereocenters. The van der Waals surface area contributed by atoms with Crippen LogP contribution in [0.2, 0.25) is 0 Å². The Kier molecular flexibility index (Phi) is 5.67. The molecule has 3 amide bonds. The first-order valence-electron chi connectivity index (χ1n) is 8.62. The number of amides is 3. The fourth-order valence-corrected chi connectivity index (χ4v) is 2.86. The summed E-state index contributed by atoms with van der Waals surface area (Å²) >= 11 is 0. The average Bonchev–Trinajstić information content (AvgIpc) is 3.41. The number of nitrogens with one attached hydrogen (secondary N) is 3. The maximum atomic E-state index is 11.9. The van der Waals surface area contributed by atoms with Gasteiger partial charge in [-0.3, -0.25) is 4.79 Å². The van der Waals surface area contributed by atoms with Crippen LogP contribution in [0.1, 0.15) is 23.5 Å². The number of carbonyl (C=O) groups is 2. The molecule has 0 aliphatic heterocycles. The number of hydrogen-bond acceptors (Lipinski definition) is 2. The van der Waals surface area contributed by atoms with Crippen LogP contribution in [0.25, 0.3) is 0 Å². The lowest BCUT2D eigenvalue weighted by atomic mass is 10.1. The van der Waals surface area contributed by atoms with Gasteiger partial charge in [0.05, 0.1) is 6.54 Å². The van der Waals surface area contributed by atoms with Crippen LogP contribution < -0.4 is 16.0 Å². The van der Waals surface area contributed by atoms with Gasteiger partial charge >= 0.3 is 6.03 Å². The molecule has 5 nitrogen and oxygen atoms in total. The summed E-state index contributed by atoms with van der Waals surface area (Å²) in [4.78, 5) is 23.6. The molecule has 0 heterocycles. The molecule has 0 bridgehead atoms. The maximum Gasteiger partial charge on any atom is 0.315 e. The molecule has 0 saturated heterocycles. The van der Waals surface area contributed by atoms with Gasteiger partial charge in [-0.15, -0.1) is 0 Å². The molecule has 25 heavy (non-hydrogen) atoms. The van der Waals surface area contributed by atoms with E-state index in [1.54, 1.807) is 0 Å². The van der Waals surface area contributed by atoms with E-state index in [0.717, 1.165) is 12.8 Å². The summed E-state index contributed by atoms with van der Waals surface area (Å²) in [6, 6.07) is 20.0. The second-order valence-corrected chi connectivity index (χ2v) is 6.27. The summed E-state index contributed by atoms with van der Waals surface area (Å²) < 4.78 is 0. The van der Waals surface area contributed by atoms with Crippen molar-refractivity contribution in [2.75, 3.05) is 13.1 Å². The van der Waals surface area contributed by atoms with Gasteiger partial charge < -0.3 is 16.0 Å². The van der Waals surface area contributed by atoms with E-state index in [-0.39, 0.29) is 24.5 Å². The molecule has 2 aromatic carbocycles.